The van der Waals surface area contributed by atoms with Crippen molar-refractivity contribution < 1.29 is 18.3 Å². The number of unbranched alkanes of at least 4 members (excludes halogenated alkanes) is 11. The van der Waals surface area contributed by atoms with E-state index in [0.717, 1.165) is 35.1 Å². The molecule has 0 aliphatic carbocycles. The number of aromatic nitrogens is 2. The third-order valence-corrected chi connectivity index (χ3v) is 8.02. The minimum atomic E-state index is -2.01. The van der Waals surface area contributed by atoms with E-state index in [0.29, 0.717) is 30.8 Å². The van der Waals surface area contributed by atoms with Crippen molar-refractivity contribution in [3.05, 3.63) is 66.5 Å². The van der Waals surface area contributed by atoms with Gasteiger partial charge in [0.2, 0.25) is 5.67 Å². The van der Waals surface area contributed by atoms with Crippen LogP contribution >= 0.6 is 0 Å². The lowest BCUT2D eigenvalue weighted by Crippen LogP contribution is -2.34. The van der Waals surface area contributed by atoms with Crippen molar-refractivity contribution in [3.8, 4) is 28.3 Å². The largest absolute Gasteiger partial charge is 0.424 e. The summed E-state index contributed by atoms with van der Waals surface area (Å²) < 4.78 is 33.6. The van der Waals surface area contributed by atoms with Gasteiger partial charge in [-0.2, -0.15) is 0 Å². The van der Waals surface area contributed by atoms with Crippen molar-refractivity contribution in [2.75, 3.05) is 0 Å². The number of benzene rings is 2. The third kappa shape index (κ3) is 12.5. The van der Waals surface area contributed by atoms with Crippen molar-refractivity contribution >= 4 is 5.97 Å². The Labute approximate surface area is 257 Å². The van der Waals surface area contributed by atoms with Gasteiger partial charge in [-0.15, -0.1) is 0 Å². The van der Waals surface area contributed by atoms with Crippen molar-refractivity contribution in [1.82, 2.24) is 9.97 Å². The number of carbonyl (C=O) groups is 1. The maximum atomic E-state index is 15.1. The molecule has 2 atom stereocenters. The van der Waals surface area contributed by atoms with E-state index < -0.39 is 17.8 Å². The molecular formula is C37H50F2N2O2. The van der Waals surface area contributed by atoms with Gasteiger partial charge in [0.15, 0.2) is 5.82 Å². The topological polar surface area (TPSA) is 52.1 Å². The average molecular weight is 593 g/mol. The summed E-state index contributed by atoms with van der Waals surface area (Å²) in [6.45, 7) is 5.14. The summed E-state index contributed by atoms with van der Waals surface area (Å²) in [6, 6.07) is 14.8. The molecule has 4 nitrogen and oxygen atoms in total. The molecule has 0 fully saturated rings. The van der Waals surface area contributed by atoms with Crippen molar-refractivity contribution in [2.24, 2.45) is 0 Å². The predicted molar refractivity (Wildman–Crippen MR) is 173 cm³/mol. The first-order chi connectivity index (χ1) is 20.8. The first-order valence-electron chi connectivity index (χ1n) is 16.4. The number of halogens is 2. The van der Waals surface area contributed by atoms with Crippen LogP contribution in [0.4, 0.5) is 8.78 Å². The molecule has 43 heavy (non-hydrogen) atoms. The number of hydrogen-bond donors (Lipinski definition) is 0. The minimum absolute atomic E-state index is 0.171. The fourth-order valence-electron chi connectivity index (χ4n) is 5.14. The zero-order valence-corrected chi connectivity index (χ0v) is 26.4. The Bertz CT molecular complexity index is 1190. The van der Waals surface area contributed by atoms with E-state index in [-0.39, 0.29) is 6.42 Å². The highest BCUT2D eigenvalue weighted by molar-refractivity contribution is 5.81. The maximum Gasteiger partial charge on any atom is 0.348 e. The van der Waals surface area contributed by atoms with Crippen LogP contribution in [0.3, 0.4) is 0 Å². The fourth-order valence-corrected chi connectivity index (χ4v) is 5.14. The Balaban J connectivity index is 1.38. The van der Waals surface area contributed by atoms with Gasteiger partial charge < -0.3 is 4.74 Å². The monoisotopic (exact) mass is 592 g/mol. The molecule has 2 aromatic carbocycles. The van der Waals surface area contributed by atoms with Gasteiger partial charge in [-0.1, -0.05) is 114 Å². The van der Waals surface area contributed by atoms with Gasteiger partial charge in [-0.05, 0) is 62.8 Å². The minimum Gasteiger partial charge on any atom is -0.424 e. The van der Waals surface area contributed by atoms with Gasteiger partial charge >= 0.3 is 5.97 Å². The van der Waals surface area contributed by atoms with Gasteiger partial charge in [0.25, 0.3) is 0 Å². The zero-order chi connectivity index (χ0) is 30.9. The molecule has 6 heteroatoms. The van der Waals surface area contributed by atoms with E-state index in [9.17, 15) is 9.18 Å². The highest BCUT2D eigenvalue weighted by Gasteiger charge is 2.34. The van der Waals surface area contributed by atoms with Crippen molar-refractivity contribution in [3.63, 3.8) is 0 Å². The van der Waals surface area contributed by atoms with Crippen LogP contribution in [0, 0.1) is 0 Å². The fraction of sp³-hybridized carbons (Fsp3) is 0.541. The molecule has 3 rings (SSSR count). The Morgan fingerprint density at radius 2 is 1.28 bits per heavy atom. The van der Waals surface area contributed by atoms with Crippen LogP contribution in [0.1, 0.15) is 116 Å². The van der Waals surface area contributed by atoms with Crippen LogP contribution in [0.25, 0.3) is 22.5 Å². The number of carbonyl (C=O) groups excluding carboxylic acids is 1. The summed E-state index contributed by atoms with van der Waals surface area (Å²) in [6.07, 6.45) is 18.5. The Morgan fingerprint density at radius 3 is 1.81 bits per heavy atom. The summed E-state index contributed by atoms with van der Waals surface area (Å²) in [5.74, 6) is 0.0726. The normalized spacial score (nSPS) is 13.4. The van der Waals surface area contributed by atoms with Crippen LogP contribution in [-0.2, 0) is 11.2 Å². The molecule has 0 bridgehead atoms. The summed E-state index contributed by atoms with van der Waals surface area (Å²) in [7, 11) is 0. The molecule has 0 radical (unpaired) electrons. The molecular weight excluding hydrogens is 542 g/mol. The van der Waals surface area contributed by atoms with Gasteiger partial charge in [-0.3, -0.25) is 0 Å². The average Bonchev–Trinajstić information content (AvgIpc) is 3.01. The predicted octanol–water partition coefficient (Wildman–Crippen LogP) is 10.8. The lowest BCUT2D eigenvalue weighted by atomic mass is 9.99. The molecule has 0 saturated carbocycles. The maximum absolute atomic E-state index is 15.1. The van der Waals surface area contributed by atoms with Gasteiger partial charge in [0.1, 0.15) is 5.75 Å². The number of rotatable bonds is 20. The second kappa shape index (κ2) is 18.5. The number of alkyl halides is 2. The van der Waals surface area contributed by atoms with Gasteiger partial charge in [0, 0.05) is 23.5 Å². The van der Waals surface area contributed by atoms with E-state index in [2.05, 4.69) is 16.9 Å². The molecule has 3 aromatic rings. The van der Waals surface area contributed by atoms with E-state index in [1.54, 1.807) is 31.5 Å². The van der Waals surface area contributed by atoms with Crippen LogP contribution < -0.4 is 4.74 Å². The molecule has 0 aliphatic heterocycles. The smallest absolute Gasteiger partial charge is 0.348 e. The van der Waals surface area contributed by atoms with E-state index >= 15 is 4.39 Å². The second-order valence-electron chi connectivity index (χ2n) is 12.1. The number of hydrogen-bond acceptors (Lipinski definition) is 4. The lowest BCUT2D eigenvalue weighted by Gasteiger charge is -2.18. The summed E-state index contributed by atoms with van der Waals surface area (Å²) in [5, 5.41) is 0. The first kappa shape index (κ1) is 34.3. The molecule has 0 spiro atoms. The van der Waals surface area contributed by atoms with Crippen molar-refractivity contribution in [2.45, 2.75) is 129 Å². The standard InChI is InChI=1S/C37H50F2N2O2/c1-4-5-6-7-8-9-10-11-12-13-14-15-26-37(3,39)36(42)43-34-24-22-31(23-25-34)33-27-40-35(41-28-33)32-20-18-30(19-21-32)17-16-29(2)38/h18-25,27-29H,4-17,26H2,1-3H3/t29-,37-/m0/s1. The Kier molecular flexibility index (Phi) is 14.8. The van der Waals surface area contributed by atoms with Crippen LogP contribution in [0.15, 0.2) is 60.9 Å². The highest BCUT2D eigenvalue weighted by Crippen LogP contribution is 2.27. The SMILES string of the molecule is CCCCCCCCCCCCCC[C@](C)(F)C(=O)Oc1ccc(-c2cnc(-c3ccc(CC[C@H](C)F)cc3)nc2)cc1. The second-order valence-corrected chi connectivity index (χ2v) is 12.1. The molecule has 0 N–H and O–H groups in total. The number of esters is 1. The van der Waals surface area contributed by atoms with E-state index in [1.165, 1.54) is 64.7 Å². The summed E-state index contributed by atoms with van der Waals surface area (Å²) >= 11 is 0. The zero-order valence-electron chi connectivity index (χ0n) is 26.4. The summed E-state index contributed by atoms with van der Waals surface area (Å²) in [5.41, 5.74) is 1.65. The first-order valence-corrected chi connectivity index (χ1v) is 16.4. The molecule has 1 aromatic heterocycles. The number of nitrogens with zero attached hydrogens (tertiary/aromatic N) is 2. The lowest BCUT2D eigenvalue weighted by molar-refractivity contribution is -0.147. The Morgan fingerprint density at radius 1 is 0.767 bits per heavy atom. The van der Waals surface area contributed by atoms with Gasteiger partial charge in [-0.25, -0.2) is 23.5 Å². The number of aryl methyl sites for hydroxylation is 1. The van der Waals surface area contributed by atoms with Gasteiger partial charge in [0.05, 0.1) is 6.17 Å². The van der Waals surface area contributed by atoms with Crippen LogP contribution in [0.5, 0.6) is 5.75 Å². The third-order valence-electron chi connectivity index (χ3n) is 8.02. The summed E-state index contributed by atoms with van der Waals surface area (Å²) in [4.78, 5) is 21.5. The highest BCUT2D eigenvalue weighted by atomic mass is 19.1. The molecule has 0 amide bonds. The quantitative estimate of drug-likeness (QED) is 0.0744. The van der Waals surface area contributed by atoms with E-state index in [1.807, 2.05) is 36.4 Å². The Hall–Kier alpha value is -3.15. The molecule has 234 valence electrons. The van der Waals surface area contributed by atoms with Crippen molar-refractivity contribution in [1.29, 1.82) is 0 Å². The molecule has 1 heterocycles. The number of ether oxygens (including phenoxy) is 1. The van der Waals surface area contributed by atoms with Crippen LogP contribution in [-0.4, -0.2) is 27.8 Å². The molecule has 0 aliphatic rings. The molecule has 0 saturated heterocycles. The van der Waals surface area contributed by atoms with Crippen LogP contribution in [0.2, 0.25) is 0 Å². The van der Waals surface area contributed by atoms with E-state index in [4.69, 9.17) is 4.74 Å². The molecule has 0 unspecified atom stereocenters.